The van der Waals surface area contributed by atoms with Gasteiger partial charge in [0, 0.05) is 38.3 Å². The van der Waals surface area contributed by atoms with Crippen molar-refractivity contribution >= 4 is 28.8 Å². The first-order chi connectivity index (χ1) is 12.1. The maximum absolute atomic E-state index is 11.9. The van der Waals surface area contributed by atoms with Crippen LogP contribution in [-0.4, -0.2) is 38.0 Å². The van der Waals surface area contributed by atoms with Gasteiger partial charge in [0.05, 0.1) is 4.88 Å². The summed E-state index contributed by atoms with van der Waals surface area (Å²) < 4.78 is 0. The second-order valence-electron chi connectivity index (χ2n) is 5.70. The number of likely N-dealkylation sites (N-methyl/N-ethyl adjacent to an activating group) is 1. The van der Waals surface area contributed by atoms with Crippen LogP contribution in [0.5, 0.6) is 0 Å². The molecule has 2 aromatic rings. The summed E-state index contributed by atoms with van der Waals surface area (Å²) in [5.41, 5.74) is 2.43. The van der Waals surface area contributed by atoms with Gasteiger partial charge in [-0.2, -0.15) is 0 Å². The minimum Gasteiger partial charge on any atom is -0.370 e. The standard InChI is InChI=1S/C19H25N3O2S/c1-3-22(16-8-5-4-7-15(16)2)13-12-20-18(23)10-11-21-19(24)17-9-6-14-25-17/h4-9,14H,3,10-13H2,1-2H3,(H,20,23)(H,21,24). The molecule has 1 aromatic heterocycles. The predicted molar refractivity (Wildman–Crippen MR) is 103 cm³/mol. The van der Waals surface area contributed by atoms with Gasteiger partial charge < -0.3 is 15.5 Å². The van der Waals surface area contributed by atoms with Crippen LogP contribution in [0.15, 0.2) is 41.8 Å². The lowest BCUT2D eigenvalue weighted by atomic mass is 10.2. The van der Waals surface area contributed by atoms with Crippen molar-refractivity contribution in [3.63, 3.8) is 0 Å². The highest BCUT2D eigenvalue weighted by molar-refractivity contribution is 7.12. The zero-order valence-corrected chi connectivity index (χ0v) is 15.6. The van der Waals surface area contributed by atoms with Gasteiger partial charge in [-0.3, -0.25) is 9.59 Å². The Bertz CT molecular complexity index is 686. The van der Waals surface area contributed by atoms with Gasteiger partial charge in [0.1, 0.15) is 0 Å². The molecule has 0 aliphatic carbocycles. The Hall–Kier alpha value is -2.34. The van der Waals surface area contributed by atoms with Crippen LogP contribution in [0.1, 0.15) is 28.6 Å². The number of hydrogen-bond acceptors (Lipinski definition) is 4. The van der Waals surface area contributed by atoms with Gasteiger partial charge in [-0.25, -0.2) is 0 Å². The second-order valence-corrected chi connectivity index (χ2v) is 6.65. The zero-order chi connectivity index (χ0) is 18.1. The van der Waals surface area contributed by atoms with E-state index in [1.54, 1.807) is 6.07 Å². The molecular formula is C19H25N3O2S. The van der Waals surface area contributed by atoms with E-state index >= 15 is 0 Å². The van der Waals surface area contributed by atoms with E-state index in [9.17, 15) is 9.59 Å². The number of anilines is 1. The van der Waals surface area contributed by atoms with E-state index < -0.39 is 0 Å². The first-order valence-corrected chi connectivity index (χ1v) is 9.38. The maximum Gasteiger partial charge on any atom is 0.261 e. The minimum atomic E-state index is -0.125. The van der Waals surface area contributed by atoms with Crippen molar-refractivity contribution in [1.29, 1.82) is 0 Å². The van der Waals surface area contributed by atoms with Crippen molar-refractivity contribution in [2.45, 2.75) is 20.3 Å². The van der Waals surface area contributed by atoms with Gasteiger partial charge in [-0.1, -0.05) is 24.3 Å². The lowest BCUT2D eigenvalue weighted by Crippen LogP contribution is -2.36. The van der Waals surface area contributed by atoms with Crippen LogP contribution < -0.4 is 15.5 Å². The number of nitrogens with one attached hydrogen (secondary N) is 2. The van der Waals surface area contributed by atoms with Gasteiger partial charge in [0.15, 0.2) is 0 Å². The van der Waals surface area contributed by atoms with E-state index in [0.29, 0.717) is 18.0 Å². The van der Waals surface area contributed by atoms with Crippen LogP contribution in [0.2, 0.25) is 0 Å². The molecule has 5 nitrogen and oxygen atoms in total. The number of nitrogens with zero attached hydrogens (tertiary/aromatic N) is 1. The average Bonchev–Trinajstić information content (AvgIpc) is 3.14. The van der Waals surface area contributed by atoms with Crippen LogP contribution in [0.25, 0.3) is 0 Å². The Morgan fingerprint density at radius 3 is 2.56 bits per heavy atom. The molecule has 1 aromatic carbocycles. The Morgan fingerprint density at radius 1 is 1.08 bits per heavy atom. The Morgan fingerprint density at radius 2 is 1.88 bits per heavy atom. The van der Waals surface area contributed by atoms with Gasteiger partial charge in [-0.15, -0.1) is 11.3 Å². The summed E-state index contributed by atoms with van der Waals surface area (Å²) in [6.45, 7) is 6.77. The summed E-state index contributed by atoms with van der Waals surface area (Å²) in [6, 6.07) is 11.8. The number of para-hydroxylation sites is 1. The molecule has 6 heteroatoms. The molecule has 0 unspecified atom stereocenters. The van der Waals surface area contributed by atoms with Gasteiger partial charge in [0.25, 0.3) is 5.91 Å². The third-order valence-electron chi connectivity index (χ3n) is 3.92. The second kappa shape index (κ2) is 9.84. The molecule has 0 fully saturated rings. The van der Waals surface area contributed by atoms with E-state index in [2.05, 4.69) is 41.5 Å². The first-order valence-electron chi connectivity index (χ1n) is 8.50. The molecule has 134 valence electrons. The monoisotopic (exact) mass is 359 g/mol. The van der Waals surface area contributed by atoms with Crippen molar-refractivity contribution in [3.8, 4) is 0 Å². The average molecular weight is 359 g/mol. The van der Waals surface area contributed by atoms with E-state index in [-0.39, 0.29) is 18.2 Å². The number of amides is 2. The van der Waals surface area contributed by atoms with Gasteiger partial charge in [-0.05, 0) is 36.9 Å². The van der Waals surface area contributed by atoms with Crippen molar-refractivity contribution in [1.82, 2.24) is 10.6 Å². The van der Waals surface area contributed by atoms with Crippen LogP contribution in [0.3, 0.4) is 0 Å². The number of rotatable bonds is 9. The molecule has 0 atom stereocenters. The van der Waals surface area contributed by atoms with E-state index in [0.717, 1.165) is 13.1 Å². The number of aryl methyl sites for hydroxylation is 1. The third-order valence-corrected chi connectivity index (χ3v) is 4.79. The number of carbonyl (C=O) groups excluding carboxylic acids is 2. The Labute approximate surface area is 153 Å². The number of thiophene rings is 1. The summed E-state index contributed by atoms with van der Waals surface area (Å²) in [5, 5.41) is 7.53. The summed E-state index contributed by atoms with van der Waals surface area (Å²) in [4.78, 5) is 26.6. The summed E-state index contributed by atoms with van der Waals surface area (Å²) >= 11 is 1.39. The van der Waals surface area contributed by atoms with Gasteiger partial charge >= 0.3 is 0 Å². The largest absolute Gasteiger partial charge is 0.370 e. The lowest BCUT2D eigenvalue weighted by molar-refractivity contribution is -0.120. The fourth-order valence-electron chi connectivity index (χ4n) is 2.57. The highest BCUT2D eigenvalue weighted by Gasteiger charge is 2.09. The highest BCUT2D eigenvalue weighted by atomic mass is 32.1. The quantitative estimate of drug-likeness (QED) is 0.724. The van der Waals surface area contributed by atoms with Crippen LogP contribution in [0.4, 0.5) is 5.69 Å². The molecule has 2 N–H and O–H groups in total. The normalized spacial score (nSPS) is 10.3. The van der Waals surface area contributed by atoms with Gasteiger partial charge in [0.2, 0.25) is 5.91 Å². The van der Waals surface area contributed by atoms with E-state index in [4.69, 9.17) is 0 Å². The topological polar surface area (TPSA) is 61.4 Å². The summed E-state index contributed by atoms with van der Waals surface area (Å²) in [6.07, 6.45) is 0.285. The smallest absolute Gasteiger partial charge is 0.261 e. The SMILES string of the molecule is CCN(CCNC(=O)CCNC(=O)c1cccs1)c1ccccc1C. The fourth-order valence-corrected chi connectivity index (χ4v) is 3.21. The molecule has 0 spiro atoms. The van der Waals surface area contributed by atoms with Crippen LogP contribution in [-0.2, 0) is 4.79 Å². The van der Waals surface area contributed by atoms with Crippen molar-refractivity contribution in [3.05, 3.63) is 52.2 Å². The maximum atomic E-state index is 11.9. The Kier molecular flexibility index (Phi) is 7.47. The Balaban J connectivity index is 1.67. The number of benzene rings is 1. The lowest BCUT2D eigenvalue weighted by Gasteiger charge is -2.25. The zero-order valence-electron chi connectivity index (χ0n) is 14.7. The molecular weight excluding hydrogens is 334 g/mol. The molecule has 0 saturated heterocycles. The molecule has 0 saturated carbocycles. The number of hydrogen-bond donors (Lipinski definition) is 2. The van der Waals surface area contributed by atoms with E-state index in [1.807, 2.05) is 23.6 Å². The van der Waals surface area contributed by atoms with Crippen molar-refractivity contribution in [2.24, 2.45) is 0 Å². The molecule has 0 bridgehead atoms. The minimum absolute atomic E-state index is 0.0488. The fraction of sp³-hybridized carbons (Fsp3) is 0.368. The molecule has 0 aliphatic heterocycles. The summed E-state index contributed by atoms with van der Waals surface area (Å²) in [5.74, 6) is -0.174. The molecule has 2 rings (SSSR count). The first kappa shape index (κ1) is 19.0. The van der Waals surface area contributed by atoms with E-state index in [1.165, 1.54) is 22.6 Å². The number of carbonyl (C=O) groups is 2. The third kappa shape index (κ3) is 5.90. The van der Waals surface area contributed by atoms with Crippen molar-refractivity contribution in [2.75, 3.05) is 31.1 Å². The summed E-state index contributed by atoms with van der Waals surface area (Å²) in [7, 11) is 0. The molecule has 1 heterocycles. The highest BCUT2D eigenvalue weighted by Crippen LogP contribution is 2.18. The van der Waals surface area contributed by atoms with Crippen molar-refractivity contribution < 1.29 is 9.59 Å². The molecule has 2 amide bonds. The molecule has 0 aliphatic rings. The molecule has 0 radical (unpaired) electrons. The van der Waals surface area contributed by atoms with Crippen LogP contribution >= 0.6 is 11.3 Å². The molecule has 25 heavy (non-hydrogen) atoms. The van der Waals surface area contributed by atoms with Crippen LogP contribution in [0, 0.1) is 6.92 Å². The predicted octanol–water partition coefficient (Wildman–Crippen LogP) is 2.82.